The highest BCUT2D eigenvalue weighted by molar-refractivity contribution is 5.73. The van der Waals surface area contributed by atoms with Gasteiger partial charge in [0.15, 0.2) is 0 Å². The van der Waals surface area contributed by atoms with Crippen molar-refractivity contribution in [3.05, 3.63) is 0 Å². The molecule has 3 N–H and O–H groups in total. The van der Waals surface area contributed by atoms with Crippen molar-refractivity contribution in [2.24, 2.45) is 5.92 Å². The lowest BCUT2D eigenvalue weighted by Crippen LogP contribution is -2.50. The Balaban J connectivity index is 1.51. The lowest BCUT2D eigenvalue weighted by atomic mass is 9.80. The Kier molecular flexibility index (Phi) is 5.05. The number of nitrogens with one attached hydrogen (secondary N) is 2. The van der Waals surface area contributed by atoms with Crippen LogP contribution in [0.25, 0.3) is 0 Å². The van der Waals surface area contributed by atoms with E-state index >= 15 is 0 Å². The molecule has 0 aromatic carbocycles. The molecule has 1 heterocycles. The van der Waals surface area contributed by atoms with Gasteiger partial charge in [0, 0.05) is 13.1 Å². The first-order valence-corrected chi connectivity index (χ1v) is 7.50. The van der Waals surface area contributed by atoms with Crippen LogP contribution in [-0.4, -0.2) is 54.9 Å². The number of piperidine rings is 1. The molecule has 2 amide bonds. The number of amides is 2. The van der Waals surface area contributed by atoms with Gasteiger partial charge in [0.2, 0.25) is 0 Å². The fourth-order valence-corrected chi connectivity index (χ4v) is 2.81. The van der Waals surface area contributed by atoms with Crippen molar-refractivity contribution in [2.75, 3.05) is 33.2 Å². The van der Waals surface area contributed by atoms with Crippen molar-refractivity contribution in [1.29, 1.82) is 0 Å². The molecule has 19 heavy (non-hydrogen) atoms. The minimum absolute atomic E-state index is 0.145. The van der Waals surface area contributed by atoms with Gasteiger partial charge in [-0.25, -0.2) is 4.79 Å². The van der Waals surface area contributed by atoms with Crippen LogP contribution in [0.2, 0.25) is 0 Å². The molecule has 1 saturated heterocycles. The number of rotatable bonds is 5. The maximum Gasteiger partial charge on any atom is 0.314 e. The van der Waals surface area contributed by atoms with Gasteiger partial charge < -0.3 is 20.6 Å². The molecular formula is C14H27N3O2. The molecule has 1 aliphatic heterocycles. The number of likely N-dealkylation sites (tertiary alicyclic amines) is 1. The van der Waals surface area contributed by atoms with Crippen LogP contribution >= 0.6 is 0 Å². The van der Waals surface area contributed by atoms with Gasteiger partial charge in [0.25, 0.3) is 0 Å². The number of hydrogen-bond acceptors (Lipinski definition) is 3. The molecule has 1 saturated carbocycles. The van der Waals surface area contributed by atoms with Crippen molar-refractivity contribution in [3.8, 4) is 0 Å². The predicted octanol–water partition coefficient (Wildman–Crippen LogP) is 0.933. The summed E-state index contributed by atoms with van der Waals surface area (Å²) in [6, 6.07) is -0.145. The average Bonchev–Trinajstić information content (AvgIpc) is 2.36. The second-order valence-corrected chi connectivity index (χ2v) is 6.22. The van der Waals surface area contributed by atoms with Gasteiger partial charge in [-0.3, -0.25) is 0 Å². The molecule has 0 unspecified atom stereocenters. The summed E-state index contributed by atoms with van der Waals surface area (Å²) in [5, 5.41) is 15.5. The molecule has 5 heteroatoms. The van der Waals surface area contributed by atoms with E-state index in [1.54, 1.807) is 0 Å². The van der Waals surface area contributed by atoms with Gasteiger partial charge in [0.05, 0.1) is 5.60 Å². The molecule has 1 aliphatic carbocycles. The second kappa shape index (κ2) is 6.57. The molecular weight excluding hydrogens is 242 g/mol. The van der Waals surface area contributed by atoms with Gasteiger partial charge in [0.1, 0.15) is 0 Å². The zero-order chi connectivity index (χ0) is 13.7. The minimum atomic E-state index is -0.634. The number of nitrogens with zero attached hydrogens (tertiary/aromatic N) is 1. The molecule has 2 fully saturated rings. The summed E-state index contributed by atoms with van der Waals surface area (Å²) >= 11 is 0. The fourth-order valence-electron chi connectivity index (χ4n) is 2.81. The lowest BCUT2D eigenvalue weighted by Gasteiger charge is -2.36. The normalized spacial score (nSPS) is 23.7. The first kappa shape index (κ1) is 14.6. The number of urea groups is 1. The van der Waals surface area contributed by atoms with E-state index in [2.05, 4.69) is 22.6 Å². The zero-order valence-electron chi connectivity index (χ0n) is 12.0. The van der Waals surface area contributed by atoms with Crippen molar-refractivity contribution in [2.45, 2.75) is 44.1 Å². The third-order valence-corrected chi connectivity index (χ3v) is 4.54. The Morgan fingerprint density at radius 3 is 2.58 bits per heavy atom. The minimum Gasteiger partial charge on any atom is -0.388 e. The van der Waals surface area contributed by atoms with Crippen LogP contribution in [0.15, 0.2) is 0 Å². The monoisotopic (exact) mass is 269 g/mol. The van der Waals surface area contributed by atoms with E-state index < -0.39 is 5.60 Å². The third kappa shape index (κ3) is 4.66. The maximum atomic E-state index is 11.6. The van der Waals surface area contributed by atoms with Gasteiger partial charge >= 0.3 is 6.03 Å². The number of aliphatic hydroxyl groups is 1. The molecule has 2 aliphatic rings. The largest absolute Gasteiger partial charge is 0.388 e. The van der Waals surface area contributed by atoms with Crippen LogP contribution in [0, 0.1) is 5.92 Å². The highest BCUT2D eigenvalue weighted by Gasteiger charge is 2.34. The molecule has 0 aromatic rings. The number of hydrogen-bond donors (Lipinski definition) is 3. The van der Waals surface area contributed by atoms with Crippen molar-refractivity contribution in [3.63, 3.8) is 0 Å². The summed E-state index contributed by atoms with van der Waals surface area (Å²) in [5.41, 5.74) is -0.634. The summed E-state index contributed by atoms with van der Waals surface area (Å²) in [6.45, 7) is 3.46. The highest BCUT2D eigenvalue weighted by Crippen LogP contribution is 2.30. The van der Waals surface area contributed by atoms with Gasteiger partial charge in [-0.2, -0.15) is 0 Å². The van der Waals surface area contributed by atoms with Crippen LogP contribution in [0.4, 0.5) is 4.79 Å². The van der Waals surface area contributed by atoms with Gasteiger partial charge in [-0.05, 0) is 64.6 Å². The van der Waals surface area contributed by atoms with E-state index in [1.807, 2.05) is 0 Å². The Labute approximate surface area is 115 Å². The van der Waals surface area contributed by atoms with Gasteiger partial charge in [-0.15, -0.1) is 0 Å². The maximum absolute atomic E-state index is 11.6. The molecule has 0 atom stereocenters. The van der Waals surface area contributed by atoms with Crippen molar-refractivity contribution in [1.82, 2.24) is 15.5 Å². The SMILES string of the molecule is CN1CCC(CCNC(=O)NCC2(O)CCC2)CC1. The van der Waals surface area contributed by atoms with Crippen LogP contribution in [-0.2, 0) is 0 Å². The Morgan fingerprint density at radius 2 is 2.00 bits per heavy atom. The molecule has 5 nitrogen and oxygen atoms in total. The molecule has 0 aromatic heterocycles. The summed E-state index contributed by atoms with van der Waals surface area (Å²) in [5.74, 6) is 0.743. The highest BCUT2D eigenvalue weighted by atomic mass is 16.3. The average molecular weight is 269 g/mol. The Bertz CT molecular complexity index is 297. The smallest absolute Gasteiger partial charge is 0.314 e. The summed E-state index contributed by atoms with van der Waals surface area (Å²) in [4.78, 5) is 13.9. The fraction of sp³-hybridized carbons (Fsp3) is 0.929. The first-order chi connectivity index (χ1) is 9.07. The second-order valence-electron chi connectivity index (χ2n) is 6.22. The molecule has 0 bridgehead atoms. The number of carbonyl (C=O) groups is 1. The summed E-state index contributed by atoms with van der Waals surface area (Å²) in [7, 11) is 2.16. The summed E-state index contributed by atoms with van der Waals surface area (Å²) in [6.07, 6.45) is 6.21. The predicted molar refractivity (Wildman–Crippen MR) is 75.0 cm³/mol. The van der Waals surface area contributed by atoms with E-state index in [-0.39, 0.29) is 6.03 Å². The number of carbonyl (C=O) groups excluding carboxylic acids is 1. The van der Waals surface area contributed by atoms with E-state index in [0.717, 1.165) is 38.1 Å². The molecule has 110 valence electrons. The van der Waals surface area contributed by atoms with Crippen LogP contribution < -0.4 is 10.6 Å². The van der Waals surface area contributed by atoms with Crippen molar-refractivity contribution < 1.29 is 9.90 Å². The van der Waals surface area contributed by atoms with Crippen LogP contribution in [0.5, 0.6) is 0 Å². The third-order valence-electron chi connectivity index (χ3n) is 4.54. The summed E-state index contributed by atoms with van der Waals surface area (Å²) < 4.78 is 0. The molecule has 0 spiro atoms. The zero-order valence-corrected chi connectivity index (χ0v) is 12.0. The Morgan fingerprint density at radius 1 is 1.32 bits per heavy atom. The van der Waals surface area contributed by atoms with E-state index in [0.29, 0.717) is 6.54 Å². The van der Waals surface area contributed by atoms with E-state index in [9.17, 15) is 9.90 Å². The topological polar surface area (TPSA) is 64.6 Å². The van der Waals surface area contributed by atoms with Crippen LogP contribution in [0.3, 0.4) is 0 Å². The standard InChI is InChI=1S/C14H27N3O2/c1-17-9-4-12(5-10-17)3-8-15-13(18)16-11-14(19)6-2-7-14/h12,19H,2-11H2,1H3,(H2,15,16,18). The Hall–Kier alpha value is -0.810. The van der Waals surface area contributed by atoms with E-state index in [1.165, 1.54) is 25.9 Å². The van der Waals surface area contributed by atoms with Crippen molar-refractivity contribution >= 4 is 6.03 Å². The van der Waals surface area contributed by atoms with Gasteiger partial charge in [-0.1, -0.05) is 0 Å². The van der Waals surface area contributed by atoms with Crippen LogP contribution in [0.1, 0.15) is 38.5 Å². The quantitative estimate of drug-likeness (QED) is 0.696. The molecule has 2 rings (SSSR count). The first-order valence-electron chi connectivity index (χ1n) is 7.50. The molecule has 0 radical (unpaired) electrons. The lowest BCUT2D eigenvalue weighted by molar-refractivity contribution is -0.0290. The van der Waals surface area contributed by atoms with E-state index in [4.69, 9.17) is 0 Å².